The van der Waals surface area contributed by atoms with Crippen LogP contribution in [0.5, 0.6) is 0 Å². The van der Waals surface area contributed by atoms with Gasteiger partial charge in [0.2, 0.25) is 0 Å². The van der Waals surface area contributed by atoms with Gasteiger partial charge >= 0.3 is 6.03 Å². The van der Waals surface area contributed by atoms with Crippen LogP contribution in [0.1, 0.15) is 11.1 Å². The first kappa shape index (κ1) is 22.5. The Morgan fingerprint density at radius 1 is 0.969 bits per heavy atom. The third kappa shape index (κ3) is 5.19. The SMILES string of the molecule is Cc1ccc(Sc2ccccc2N2CCN(C(=O)Nc3ccc(F)c(Cl)c3)CC2)c(C)c1. The van der Waals surface area contributed by atoms with Crippen LogP contribution in [-0.4, -0.2) is 37.1 Å². The van der Waals surface area contributed by atoms with Crippen molar-refractivity contribution in [3.05, 3.63) is 82.6 Å². The molecule has 0 bridgehead atoms. The number of halogens is 2. The highest BCUT2D eigenvalue weighted by Crippen LogP contribution is 2.37. The number of benzene rings is 3. The second kappa shape index (κ2) is 9.84. The standard InChI is InChI=1S/C25H25ClFN3OS/c1-17-7-10-23(18(2)15-17)32-24-6-4-3-5-22(24)29-11-13-30(14-12-29)25(31)28-19-8-9-21(27)20(26)16-19/h3-10,15-16H,11-14H2,1-2H3,(H,28,31). The van der Waals surface area contributed by atoms with Crippen LogP contribution in [-0.2, 0) is 0 Å². The first-order chi connectivity index (χ1) is 15.4. The maximum atomic E-state index is 13.3. The Kier molecular flexibility index (Phi) is 6.92. The Labute approximate surface area is 197 Å². The predicted molar refractivity (Wildman–Crippen MR) is 131 cm³/mol. The van der Waals surface area contributed by atoms with E-state index in [2.05, 4.69) is 66.5 Å². The van der Waals surface area contributed by atoms with E-state index in [0.29, 0.717) is 18.8 Å². The van der Waals surface area contributed by atoms with Gasteiger partial charge in [0.25, 0.3) is 0 Å². The number of piperazine rings is 1. The van der Waals surface area contributed by atoms with E-state index in [9.17, 15) is 9.18 Å². The van der Waals surface area contributed by atoms with Gasteiger partial charge in [-0.15, -0.1) is 0 Å². The van der Waals surface area contributed by atoms with E-state index in [1.165, 1.54) is 44.8 Å². The van der Waals surface area contributed by atoms with Gasteiger partial charge in [-0.1, -0.05) is 53.2 Å². The molecule has 0 aromatic heterocycles. The maximum Gasteiger partial charge on any atom is 0.321 e. The zero-order valence-corrected chi connectivity index (χ0v) is 19.6. The van der Waals surface area contributed by atoms with Gasteiger partial charge in [0.05, 0.1) is 10.7 Å². The molecule has 0 atom stereocenters. The van der Waals surface area contributed by atoms with Gasteiger partial charge in [0, 0.05) is 41.7 Å². The van der Waals surface area contributed by atoms with Crippen LogP contribution in [0.2, 0.25) is 5.02 Å². The largest absolute Gasteiger partial charge is 0.367 e. The summed E-state index contributed by atoms with van der Waals surface area (Å²) in [6.45, 7) is 6.93. The van der Waals surface area contributed by atoms with E-state index >= 15 is 0 Å². The average Bonchev–Trinajstić information content (AvgIpc) is 2.79. The average molecular weight is 470 g/mol. The van der Waals surface area contributed by atoms with E-state index < -0.39 is 5.82 Å². The number of para-hydroxylation sites is 1. The molecule has 3 aromatic carbocycles. The molecular formula is C25H25ClFN3OS. The van der Waals surface area contributed by atoms with E-state index in [0.717, 1.165) is 13.1 Å². The van der Waals surface area contributed by atoms with Gasteiger partial charge in [0.15, 0.2) is 0 Å². The van der Waals surface area contributed by atoms with Crippen molar-refractivity contribution in [1.29, 1.82) is 0 Å². The quantitative estimate of drug-likeness (QED) is 0.467. The summed E-state index contributed by atoms with van der Waals surface area (Å²) in [5.74, 6) is -0.504. The molecule has 1 saturated heterocycles. The number of hydrogen-bond donors (Lipinski definition) is 1. The molecule has 3 aromatic rings. The highest BCUT2D eigenvalue weighted by Gasteiger charge is 2.23. The molecule has 4 rings (SSSR count). The Morgan fingerprint density at radius 2 is 1.72 bits per heavy atom. The molecule has 166 valence electrons. The lowest BCUT2D eigenvalue weighted by Crippen LogP contribution is -2.50. The van der Waals surface area contributed by atoms with Crippen molar-refractivity contribution in [3.63, 3.8) is 0 Å². The van der Waals surface area contributed by atoms with Crippen molar-refractivity contribution < 1.29 is 9.18 Å². The normalized spacial score (nSPS) is 13.9. The highest BCUT2D eigenvalue weighted by atomic mass is 35.5. The van der Waals surface area contributed by atoms with Crippen molar-refractivity contribution in [3.8, 4) is 0 Å². The number of nitrogens with zero attached hydrogens (tertiary/aromatic N) is 2. The molecule has 1 fully saturated rings. The number of carbonyl (C=O) groups is 1. The van der Waals surface area contributed by atoms with Crippen molar-refractivity contribution in [2.24, 2.45) is 0 Å². The Balaban J connectivity index is 1.41. The van der Waals surface area contributed by atoms with Crippen molar-refractivity contribution in [1.82, 2.24) is 4.90 Å². The molecule has 1 heterocycles. The monoisotopic (exact) mass is 469 g/mol. The van der Waals surface area contributed by atoms with E-state index in [1.54, 1.807) is 16.7 Å². The number of amides is 2. The molecule has 4 nitrogen and oxygen atoms in total. The van der Waals surface area contributed by atoms with Gasteiger partial charge in [-0.25, -0.2) is 9.18 Å². The van der Waals surface area contributed by atoms with Gasteiger partial charge in [-0.3, -0.25) is 0 Å². The van der Waals surface area contributed by atoms with Crippen LogP contribution in [0.4, 0.5) is 20.6 Å². The summed E-state index contributed by atoms with van der Waals surface area (Å²) in [6, 6.07) is 18.9. The summed E-state index contributed by atoms with van der Waals surface area (Å²) >= 11 is 7.59. The fourth-order valence-electron chi connectivity index (χ4n) is 3.76. The molecule has 32 heavy (non-hydrogen) atoms. The van der Waals surface area contributed by atoms with Crippen LogP contribution in [0.3, 0.4) is 0 Å². The lowest BCUT2D eigenvalue weighted by atomic mass is 10.2. The zero-order chi connectivity index (χ0) is 22.7. The number of anilines is 2. The molecule has 0 unspecified atom stereocenters. The predicted octanol–water partition coefficient (Wildman–Crippen LogP) is 6.60. The van der Waals surface area contributed by atoms with Crippen molar-refractivity contribution in [2.75, 3.05) is 36.4 Å². The van der Waals surface area contributed by atoms with E-state index in [1.807, 2.05) is 0 Å². The molecule has 0 spiro atoms. The lowest BCUT2D eigenvalue weighted by molar-refractivity contribution is 0.208. The number of hydrogen-bond acceptors (Lipinski definition) is 3. The minimum absolute atomic E-state index is 0.00876. The van der Waals surface area contributed by atoms with Gasteiger partial charge in [0.1, 0.15) is 5.82 Å². The topological polar surface area (TPSA) is 35.6 Å². The third-order valence-corrected chi connectivity index (χ3v) is 7.03. The molecular weight excluding hydrogens is 445 g/mol. The van der Waals surface area contributed by atoms with Crippen LogP contribution in [0.25, 0.3) is 0 Å². The summed E-state index contributed by atoms with van der Waals surface area (Å²) in [6.07, 6.45) is 0. The third-order valence-electron chi connectivity index (χ3n) is 5.49. The number of urea groups is 1. The number of rotatable bonds is 4. The molecule has 2 amide bonds. The molecule has 1 N–H and O–H groups in total. The smallest absolute Gasteiger partial charge is 0.321 e. The second-order valence-electron chi connectivity index (χ2n) is 7.87. The summed E-state index contributed by atoms with van der Waals surface area (Å²) in [7, 11) is 0. The number of aryl methyl sites for hydroxylation is 2. The van der Waals surface area contributed by atoms with Crippen molar-refractivity contribution >= 4 is 40.8 Å². The minimum atomic E-state index is -0.504. The summed E-state index contributed by atoms with van der Waals surface area (Å²) in [5.41, 5.74) is 4.20. The highest BCUT2D eigenvalue weighted by molar-refractivity contribution is 7.99. The first-order valence-electron chi connectivity index (χ1n) is 10.5. The fourth-order valence-corrected chi connectivity index (χ4v) is 4.99. The van der Waals surface area contributed by atoms with Crippen molar-refractivity contribution in [2.45, 2.75) is 23.6 Å². The lowest BCUT2D eigenvalue weighted by Gasteiger charge is -2.36. The van der Waals surface area contributed by atoms with E-state index in [-0.39, 0.29) is 11.1 Å². The van der Waals surface area contributed by atoms with Crippen LogP contribution >= 0.6 is 23.4 Å². The number of nitrogens with one attached hydrogen (secondary N) is 1. The fraction of sp³-hybridized carbons (Fsp3) is 0.240. The minimum Gasteiger partial charge on any atom is -0.367 e. The Hall–Kier alpha value is -2.70. The first-order valence-corrected chi connectivity index (χ1v) is 11.7. The van der Waals surface area contributed by atoms with Gasteiger partial charge in [-0.05, 0) is 55.8 Å². The van der Waals surface area contributed by atoms with Gasteiger partial charge < -0.3 is 15.1 Å². The molecule has 0 radical (unpaired) electrons. The molecule has 7 heteroatoms. The summed E-state index contributed by atoms with van der Waals surface area (Å²) in [5, 5.41) is 2.79. The maximum absolute atomic E-state index is 13.3. The van der Waals surface area contributed by atoms with Crippen LogP contribution in [0, 0.1) is 19.7 Å². The molecule has 1 aliphatic rings. The molecule has 0 saturated carbocycles. The molecule has 1 aliphatic heterocycles. The van der Waals surface area contributed by atoms with Crippen LogP contribution < -0.4 is 10.2 Å². The van der Waals surface area contributed by atoms with Crippen LogP contribution in [0.15, 0.2) is 70.5 Å². The number of carbonyl (C=O) groups excluding carboxylic acids is 1. The van der Waals surface area contributed by atoms with E-state index in [4.69, 9.17) is 11.6 Å². The second-order valence-corrected chi connectivity index (χ2v) is 9.36. The Morgan fingerprint density at radius 3 is 2.44 bits per heavy atom. The summed E-state index contributed by atoms with van der Waals surface area (Å²) in [4.78, 5) is 19.2. The Bertz CT molecular complexity index is 1130. The molecule has 0 aliphatic carbocycles. The zero-order valence-electron chi connectivity index (χ0n) is 18.1. The summed E-state index contributed by atoms with van der Waals surface area (Å²) < 4.78 is 13.3. The van der Waals surface area contributed by atoms with Gasteiger partial charge in [-0.2, -0.15) is 0 Å².